The van der Waals surface area contributed by atoms with Crippen LogP contribution in [0.5, 0.6) is 5.75 Å². The molecule has 4 nitrogen and oxygen atoms in total. The van der Waals surface area contributed by atoms with Gasteiger partial charge in [-0.3, -0.25) is 4.79 Å². The third kappa shape index (κ3) is 2.34. The number of hydrogen-bond donors (Lipinski definition) is 2. The van der Waals surface area contributed by atoms with Crippen LogP contribution in [0.1, 0.15) is 28.4 Å². The first kappa shape index (κ1) is 11.7. The Kier molecular flexibility index (Phi) is 3.82. The molecule has 0 heterocycles. The Balaban J connectivity index is 3.35. The van der Waals surface area contributed by atoms with E-state index in [0.29, 0.717) is 22.4 Å². The molecule has 1 aromatic rings. The quantitative estimate of drug-likeness (QED) is 0.724. The van der Waals surface area contributed by atoms with Gasteiger partial charge in [-0.1, -0.05) is 0 Å². The molecule has 0 fully saturated rings. The van der Waals surface area contributed by atoms with Crippen molar-refractivity contribution in [2.45, 2.75) is 20.1 Å². The number of methoxy groups -OCH3 is 1. The maximum Gasteiger partial charge on any atom is 0.159 e. The van der Waals surface area contributed by atoms with E-state index < -0.39 is 0 Å². The van der Waals surface area contributed by atoms with E-state index in [1.807, 2.05) is 0 Å². The number of aliphatic hydroxyl groups excluding tert-OH is 2. The van der Waals surface area contributed by atoms with Gasteiger partial charge < -0.3 is 14.9 Å². The fourth-order valence-electron chi connectivity index (χ4n) is 1.41. The Morgan fingerprint density at radius 2 is 2.00 bits per heavy atom. The van der Waals surface area contributed by atoms with Crippen LogP contribution in [0.2, 0.25) is 0 Å². The van der Waals surface area contributed by atoms with Gasteiger partial charge in [0.05, 0.1) is 20.3 Å². The van der Waals surface area contributed by atoms with Crippen LogP contribution in [0.25, 0.3) is 0 Å². The Labute approximate surface area is 88.1 Å². The van der Waals surface area contributed by atoms with Crippen LogP contribution in [0, 0.1) is 0 Å². The SMILES string of the molecule is COc1cc(C(C)=O)cc(CO)c1CO. The van der Waals surface area contributed by atoms with Crippen LogP contribution in [0.4, 0.5) is 0 Å². The molecule has 0 amide bonds. The van der Waals surface area contributed by atoms with Crippen molar-refractivity contribution < 1.29 is 19.7 Å². The Morgan fingerprint density at radius 1 is 1.33 bits per heavy atom. The summed E-state index contributed by atoms with van der Waals surface area (Å²) >= 11 is 0. The molecule has 82 valence electrons. The minimum Gasteiger partial charge on any atom is -0.496 e. The van der Waals surface area contributed by atoms with Crippen LogP contribution in [0.15, 0.2) is 12.1 Å². The van der Waals surface area contributed by atoms with Gasteiger partial charge in [0, 0.05) is 11.1 Å². The zero-order valence-electron chi connectivity index (χ0n) is 8.78. The van der Waals surface area contributed by atoms with Crippen LogP contribution in [-0.4, -0.2) is 23.1 Å². The standard InChI is InChI=1S/C11H14O4/c1-7(14)8-3-9(5-12)10(6-13)11(4-8)15-2/h3-4,12-13H,5-6H2,1-2H3. The molecule has 1 rings (SSSR count). The summed E-state index contributed by atoms with van der Waals surface area (Å²) in [4.78, 5) is 11.2. The summed E-state index contributed by atoms with van der Waals surface area (Å²) in [7, 11) is 1.46. The van der Waals surface area contributed by atoms with E-state index in [4.69, 9.17) is 14.9 Å². The van der Waals surface area contributed by atoms with E-state index in [1.54, 1.807) is 12.1 Å². The molecule has 0 unspecified atom stereocenters. The first-order valence-electron chi connectivity index (χ1n) is 4.56. The third-order valence-electron chi connectivity index (χ3n) is 2.26. The molecule has 0 aromatic heterocycles. The Morgan fingerprint density at radius 3 is 2.40 bits per heavy atom. The van der Waals surface area contributed by atoms with Crippen molar-refractivity contribution in [1.29, 1.82) is 0 Å². The highest BCUT2D eigenvalue weighted by molar-refractivity contribution is 5.94. The minimum atomic E-state index is -0.229. The molecule has 0 radical (unpaired) electrons. The predicted octanol–water partition coefficient (Wildman–Crippen LogP) is 0.882. The molecule has 0 aliphatic heterocycles. The molecule has 2 N–H and O–H groups in total. The Bertz CT molecular complexity index is 346. The van der Waals surface area contributed by atoms with Gasteiger partial charge in [0.2, 0.25) is 0 Å². The molecule has 15 heavy (non-hydrogen) atoms. The second-order valence-electron chi connectivity index (χ2n) is 3.19. The van der Waals surface area contributed by atoms with Crippen molar-refractivity contribution in [2.24, 2.45) is 0 Å². The van der Waals surface area contributed by atoms with Gasteiger partial charge in [-0.05, 0) is 24.6 Å². The number of carbonyl (C=O) groups is 1. The van der Waals surface area contributed by atoms with E-state index in [0.717, 1.165) is 0 Å². The van der Waals surface area contributed by atoms with Crippen LogP contribution in [0.3, 0.4) is 0 Å². The van der Waals surface area contributed by atoms with Crippen LogP contribution < -0.4 is 4.74 Å². The number of carbonyl (C=O) groups excluding carboxylic acids is 1. The first-order valence-corrected chi connectivity index (χ1v) is 4.56. The van der Waals surface area contributed by atoms with Gasteiger partial charge in [-0.25, -0.2) is 0 Å². The smallest absolute Gasteiger partial charge is 0.159 e. The van der Waals surface area contributed by atoms with E-state index >= 15 is 0 Å². The number of Topliss-reactive ketones (excluding diaryl/α,β-unsaturated/α-hetero) is 1. The lowest BCUT2D eigenvalue weighted by Gasteiger charge is -2.12. The number of aliphatic hydroxyl groups is 2. The topological polar surface area (TPSA) is 66.8 Å². The third-order valence-corrected chi connectivity index (χ3v) is 2.26. The summed E-state index contributed by atoms with van der Waals surface area (Å²) in [6.07, 6.45) is 0. The van der Waals surface area contributed by atoms with Crippen molar-refractivity contribution in [2.75, 3.05) is 7.11 Å². The number of ether oxygens (including phenoxy) is 1. The summed E-state index contributed by atoms with van der Waals surface area (Å²) in [5.41, 5.74) is 1.50. The second kappa shape index (κ2) is 4.91. The molecule has 1 aromatic carbocycles. The summed E-state index contributed by atoms with van der Waals surface area (Å²) in [5, 5.41) is 18.2. The summed E-state index contributed by atoms with van der Waals surface area (Å²) in [6.45, 7) is 0.985. The van der Waals surface area contributed by atoms with Crippen LogP contribution in [-0.2, 0) is 13.2 Å². The number of hydrogen-bond acceptors (Lipinski definition) is 4. The largest absolute Gasteiger partial charge is 0.496 e. The number of benzene rings is 1. The van der Waals surface area contributed by atoms with Gasteiger partial charge in [0.25, 0.3) is 0 Å². The van der Waals surface area contributed by atoms with Gasteiger partial charge in [0.15, 0.2) is 5.78 Å². The second-order valence-corrected chi connectivity index (χ2v) is 3.19. The molecule has 0 aliphatic rings. The fourth-order valence-corrected chi connectivity index (χ4v) is 1.41. The molecule has 0 saturated carbocycles. The van der Waals surface area contributed by atoms with E-state index in [9.17, 15) is 4.79 Å². The lowest BCUT2D eigenvalue weighted by atomic mass is 10.0. The lowest BCUT2D eigenvalue weighted by Crippen LogP contribution is -2.03. The van der Waals surface area contributed by atoms with E-state index in [-0.39, 0.29) is 19.0 Å². The van der Waals surface area contributed by atoms with Gasteiger partial charge in [-0.15, -0.1) is 0 Å². The molecular weight excluding hydrogens is 196 g/mol. The molecular formula is C11H14O4. The summed E-state index contributed by atoms with van der Waals surface area (Å²) in [5.74, 6) is 0.321. The molecule has 0 bridgehead atoms. The van der Waals surface area contributed by atoms with Gasteiger partial charge in [0.1, 0.15) is 5.75 Å². The molecule has 0 atom stereocenters. The summed E-state index contributed by atoms with van der Waals surface area (Å²) in [6, 6.07) is 3.13. The number of ketones is 1. The van der Waals surface area contributed by atoms with Gasteiger partial charge >= 0.3 is 0 Å². The number of rotatable bonds is 4. The molecule has 0 saturated heterocycles. The average Bonchev–Trinajstić information content (AvgIpc) is 2.26. The first-order chi connectivity index (χ1) is 7.13. The maximum absolute atomic E-state index is 11.2. The van der Waals surface area contributed by atoms with Crippen molar-refractivity contribution in [1.82, 2.24) is 0 Å². The van der Waals surface area contributed by atoms with Crippen molar-refractivity contribution in [3.63, 3.8) is 0 Å². The fraction of sp³-hybridized carbons (Fsp3) is 0.364. The average molecular weight is 210 g/mol. The minimum absolute atomic E-state index is 0.104. The highest BCUT2D eigenvalue weighted by Crippen LogP contribution is 2.25. The predicted molar refractivity (Wildman–Crippen MR) is 54.8 cm³/mol. The van der Waals surface area contributed by atoms with Crippen molar-refractivity contribution in [3.8, 4) is 5.75 Å². The summed E-state index contributed by atoms with van der Waals surface area (Å²) < 4.78 is 5.05. The van der Waals surface area contributed by atoms with Crippen molar-refractivity contribution in [3.05, 3.63) is 28.8 Å². The zero-order valence-corrected chi connectivity index (χ0v) is 8.78. The van der Waals surface area contributed by atoms with Crippen LogP contribution >= 0.6 is 0 Å². The van der Waals surface area contributed by atoms with Crippen molar-refractivity contribution >= 4 is 5.78 Å². The maximum atomic E-state index is 11.2. The Hall–Kier alpha value is -1.39. The lowest BCUT2D eigenvalue weighted by molar-refractivity contribution is 0.101. The van der Waals surface area contributed by atoms with E-state index in [1.165, 1.54) is 14.0 Å². The highest BCUT2D eigenvalue weighted by Gasteiger charge is 2.12. The normalized spacial score (nSPS) is 10.1. The molecule has 0 spiro atoms. The highest BCUT2D eigenvalue weighted by atomic mass is 16.5. The van der Waals surface area contributed by atoms with E-state index in [2.05, 4.69) is 0 Å². The zero-order chi connectivity index (χ0) is 11.4. The van der Waals surface area contributed by atoms with Gasteiger partial charge in [-0.2, -0.15) is 0 Å². The molecule has 0 aliphatic carbocycles. The molecule has 4 heteroatoms. The monoisotopic (exact) mass is 210 g/mol.